The maximum Gasteiger partial charge on any atom is 0.397 e. The number of nitrogens with one attached hydrogen (secondary N) is 1. The molecule has 0 atom stereocenters. The number of carbonyl (C=O) groups excluding carboxylic acids is 3. The minimum absolute atomic E-state index is 0.110. The average Bonchev–Trinajstić information content (AvgIpc) is 3.26. The number of fused-ring (bicyclic) bond motifs is 1. The molecule has 35 heavy (non-hydrogen) atoms. The Hall–Kier alpha value is -4.33. The van der Waals surface area contributed by atoms with Gasteiger partial charge in [-0.05, 0) is 80.3 Å². The molecular weight excluding hydrogens is 448 g/mol. The molecule has 2 amide bonds. The van der Waals surface area contributed by atoms with E-state index in [0.717, 1.165) is 17.7 Å². The lowest BCUT2D eigenvalue weighted by molar-refractivity contribution is -0.152. The van der Waals surface area contributed by atoms with E-state index in [0.29, 0.717) is 34.9 Å². The highest BCUT2D eigenvalue weighted by molar-refractivity contribution is 6.37. The van der Waals surface area contributed by atoms with Crippen LogP contribution in [0.3, 0.4) is 0 Å². The quantitative estimate of drug-likeness (QED) is 0.417. The van der Waals surface area contributed by atoms with E-state index in [1.54, 1.807) is 43.9 Å². The van der Waals surface area contributed by atoms with Crippen LogP contribution in [-0.2, 0) is 20.7 Å². The van der Waals surface area contributed by atoms with Gasteiger partial charge in [-0.3, -0.25) is 9.59 Å². The van der Waals surface area contributed by atoms with Crippen molar-refractivity contribution in [2.75, 3.05) is 23.4 Å². The third kappa shape index (κ3) is 4.96. The topological polar surface area (TPSA) is 105 Å². The predicted molar refractivity (Wildman–Crippen MR) is 131 cm³/mol. The number of esters is 1. The van der Waals surface area contributed by atoms with Crippen LogP contribution < -0.4 is 15.0 Å². The molecule has 0 unspecified atom stereocenters. The van der Waals surface area contributed by atoms with E-state index in [4.69, 9.17) is 9.47 Å². The molecule has 8 heteroatoms. The number of hydrogen-bond donors (Lipinski definition) is 2. The van der Waals surface area contributed by atoms with Gasteiger partial charge in [-0.1, -0.05) is 18.2 Å². The Labute approximate surface area is 203 Å². The molecule has 4 rings (SSSR count). The number of rotatable bonds is 5. The second kappa shape index (κ2) is 9.89. The summed E-state index contributed by atoms with van der Waals surface area (Å²) in [4.78, 5) is 38.4. The van der Waals surface area contributed by atoms with Crippen molar-refractivity contribution < 1.29 is 29.0 Å². The number of hydrogen-bond acceptors (Lipinski definition) is 6. The van der Waals surface area contributed by atoms with Crippen molar-refractivity contribution in [1.82, 2.24) is 0 Å². The molecule has 1 aliphatic heterocycles. The Kier molecular flexibility index (Phi) is 6.73. The maximum absolute atomic E-state index is 13.3. The van der Waals surface area contributed by atoms with Gasteiger partial charge in [-0.25, -0.2) is 4.79 Å². The van der Waals surface area contributed by atoms with Crippen LogP contribution in [0.15, 0.2) is 54.6 Å². The summed E-state index contributed by atoms with van der Waals surface area (Å²) in [5.74, 6) is -1.32. The Morgan fingerprint density at radius 2 is 1.74 bits per heavy atom. The lowest BCUT2D eigenvalue weighted by atomic mass is 10.1. The number of ether oxygens (including phenoxy) is 2. The van der Waals surface area contributed by atoms with E-state index in [1.165, 1.54) is 12.1 Å². The van der Waals surface area contributed by atoms with E-state index in [1.807, 2.05) is 24.3 Å². The van der Waals surface area contributed by atoms with E-state index < -0.39 is 11.9 Å². The molecule has 0 aromatic heterocycles. The molecule has 180 valence electrons. The summed E-state index contributed by atoms with van der Waals surface area (Å²) in [7, 11) is 0. The molecule has 0 fully saturated rings. The van der Waals surface area contributed by atoms with E-state index in [2.05, 4.69) is 5.32 Å². The fourth-order valence-electron chi connectivity index (χ4n) is 4.12. The second-order valence-corrected chi connectivity index (χ2v) is 8.23. The fourth-order valence-corrected chi connectivity index (χ4v) is 4.12. The zero-order valence-electron chi connectivity index (χ0n) is 19.8. The number of carbonyl (C=O) groups is 3. The molecule has 0 saturated heterocycles. The standard InChI is InChI=1S/C27H26N2O6/c1-4-34-27(33)25(31)28-19-13-16(2)24(17(3)14-19)35-20-9-10-23(30)21(15-20)26(32)29-12-11-18-7-5-6-8-22(18)29/h5-10,13-15,30H,4,11-12H2,1-3H3,(H,28,31). The number of phenols is 1. The van der Waals surface area contributed by atoms with Crippen molar-refractivity contribution in [3.63, 3.8) is 0 Å². The molecule has 2 N–H and O–H groups in total. The summed E-state index contributed by atoms with van der Waals surface area (Å²) >= 11 is 0. The summed E-state index contributed by atoms with van der Waals surface area (Å²) in [5.41, 5.74) is 3.93. The van der Waals surface area contributed by atoms with Gasteiger partial charge in [-0.2, -0.15) is 0 Å². The average molecular weight is 475 g/mol. The Morgan fingerprint density at radius 1 is 1.03 bits per heavy atom. The highest BCUT2D eigenvalue weighted by Gasteiger charge is 2.27. The molecule has 0 bridgehead atoms. The minimum Gasteiger partial charge on any atom is -0.507 e. The van der Waals surface area contributed by atoms with Crippen molar-refractivity contribution in [2.24, 2.45) is 0 Å². The number of anilines is 2. The number of para-hydroxylation sites is 1. The number of aromatic hydroxyl groups is 1. The molecule has 1 heterocycles. The van der Waals surface area contributed by atoms with Crippen LogP contribution in [0.4, 0.5) is 11.4 Å². The van der Waals surface area contributed by atoms with Gasteiger partial charge in [-0.15, -0.1) is 0 Å². The second-order valence-electron chi connectivity index (χ2n) is 8.23. The molecule has 1 aliphatic rings. The van der Waals surface area contributed by atoms with Crippen LogP contribution in [0.25, 0.3) is 0 Å². The van der Waals surface area contributed by atoms with E-state index in [9.17, 15) is 19.5 Å². The Balaban J connectivity index is 1.55. The summed E-state index contributed by atoms with van der Waals surface area (Å²) in [5, 5.41) is 12.9. The van der Waals surface area contributed by atoms with Crippen LogP contribution in [0.2, 0.25) is 0 Å². The normalized spacial score (nSPS) is 12.1. The first-order valence-corrected chi connectivity index (χ1v) is 11.3. The van der Waals surface area contributed by atoms with Gasteiger partial charge in [0.2, 0.25) is 0 Å². The van der Waals surface area contributed by atoms with Crippen LogP contribution >= 0.6 is 0 Å². The molecule has 3 aromatic carbocycles. The van der Waals surface area contributed by atoms with Gasteiger partial charge in [0, 0.05) is 17.9 Å². The lowest BCUT2D eigenvalue weighted by Gasteiger charge is -2.19. The number of nitrogens with zero attached hydrogens (tertiary/aromatic N) is 1. The summed E-state index contributed by atoms with van der Waals surface area (Å²) in [6.07, 6.45) is 0.760. The van der Waals surface area contributed by atoms with Crippen LogP contribution in [-0.4, -0.2) is 36.0 Å². The Morgan fingerprint density at radius 3 is 2.46 bits per heavy atom. The summed E-state index contributed by atoms with van der Waals surface area (Å²) in [6, 6.07) is 15.6. The van der Waals surface area contributed by atoms with Crippen molar-refractivity contribution in [3.8, 4) is 17.2 Å². The first-order chi connectivity index (χ1) is 16.8. The molecule has 0 spiro atoms. The summed E-state index contributed by atoms with van der Waals surface area (Å²) in [6.45, 7) is 5.88. The zero-order chi connectivity index (χ0) is 25.1. The van der Waals surface area contributed by atoms with Crippen molar-refractivity contribution in [2.45, 2.75) is 27.2 Å². The summed E-state index contributed by atoms with van der Waals surface area (Å²) < 4.78 is 10.8. The van der Waals surface area contributed by atoms with Gasteiger partial charge < -0.3 is 24.8 Å². The fraction of sp³-hybridized carbons (Fsp3) is 0.222. The first kappa shape index (κ1) is 23.8. The van der Waals surface area contributed by atoms with Gasteiger partial charge in [0.15, 0.2) is 0 Å². The smallest absolute Gasteiger partial charge is 0.397 e. The van der Waals surface area contributed by atoms with E-state index in [-0.39, 0.29) is 23.8 Å². The van der Waals surface area contributed by atoms with Crippen molar-refractivity contribution in [1.29, 1.82) is 0 Å². The van der Waals surface area contributed by atoms with Crippen LogP contribution in [0.1, 0.15) is 34.0 Å². The maximum atomic E-state index is 13.3. The number of aryl methyl sites for hydroxylation is 2. The van der Waals surface area contributed by atoms with Gasteiger partial charge in [0.25, 0.3) is 5.91 Å². The molecule has 0 aliphatic carbocycles. The molecular formula is C27H26N2O6. The van der Waals surface area contributed by atoms with Crippen LogP contribution in [0.5, 0.6) is 17.2 Å². The van der Waals surface area contributed by atoms with E-state index >= 15 is 0 Å². The third-order valence-corrected chi connectivity index (χ3v) is 5.73. The molecule has 0 saturated carbocycles. The molecule has 3 aromatic rings. The zero-order valence-corrected chi connectivity index (χ0v) is 19.8. The first-order valence-electron chi connectivity index (χ1n) is 11.3. The molecule has 0 radical (unpaired) electrons. The highest BCUT2D eigenvalue weighted by atomic mass is 16.5. The molecule has 8 nitrogen and oxygen atoms in total. The predicted octanol–water partition coefficient (Wildman–Crippen LogP) is 4.51. The van der Waals surface area contributed by atoms with Gasteiger partial charge in [0.05, 0.1) is 12.2 Å². The van der Waals surface area contributed by atoms with Crippen molar-refractivity contribution in [3.05, 3.63) is 76.9 Å². The Bertz CT molecular complexity index is 1290. The van der Waals surface area contributed by atoms with Crippen LogP contribution in [0, 0.1) is 13.8 Å². The minimum atomic E-state index is -0.954. The number of amides is 2. The number of phenolic OH excluding ortho intramolecular Hbond substituents is 1. The highest BCUT2D eigenvalue weighted by Crippen LogP contribution is 2.35. The van der Waals surface area contributed by atoms with Gasteiger partial charge in [0.1, 0.15) is 17.2 Å². The largest absolute Gasteiger partial charge is 0.507 e. The third-order valence-electron chi connectivity index (χ3n) is 5.73. The number of benzene rings is 3. The SMILES string of the molecule is CCOC(=O)C(=O)Nc1cc(C)c(Oc2ccc(O)c(C(=O)N3CCc4ccccc43)c2)c(C)c1. The van der Waals surface area contributed by atoms with Gasteiger partial charge >= 0.3 is 11.9 Å². The lowest BCUT2D eigenvalue weighted by Crippen LogP contribution is -2.28. The monoisotopic (exact) mass is 474 g/mol. The van der Waals surface area contributed by atoms with Crippen molar-refractivity contribution >= 4 is 29.2 Å².